The van der Waals surface area contributed by atoms with Gasteiger partial charge in [0.1, 0.15) is 24.8 Å². The van der Waals surface area contributed by atoms with Crippen molar-refractivity contribution >= 4 is 6.71 Å². The minimum absolute atomic E-state index is 0.751. The standard InChI is InChI=1S/C15H24BNO2/c1-13-4-5-14(12-15(13)18-3)19-11-10-17-8-6-16(2)7-9-17/h4-5,12H,6-11H2,1-3H3. The number of rotatable bonds is 5. The van der Waals surface area contributed by atoms with Gasteiger partial charge in [0.25, 0.3) is 0 Å². The zero-order valence-corrected chi connectivity index (χ0v) is 12.3. The van der Waals surface area contributed by atoms with Crippen molar-refractivity contribution in [3.63, 3.8) is 0 Å². The van der Waals surface area contributed by atoms with Crippen LogP contribution in [0.2, 0.25) is 19.5 Å². The van der Waals surface area contributed by atoms with E-state index in [0.717, 1.165) is 36.9 Å². The Morgan fingerprint density at radius 1 is 1.26 bits per heavy atom. The van der Waals surface area contributed by atoms with Crippen LogP contribution in [0.3, 0.4) is 0 Å². The molecular weight excluding hydrogens is 237 g/mol. The zero-order chi connectivity index (χ0) is 13.7. The average Bonchev–Trinajstić information content (AvgIpc) is 2.43. The minimum Gasteiger partial charge on any atom is -0.496 e. The molecule has 1 aromatic carbocycles. The van der Waals surface area contributed by atoms with Crippen LogP contribution >= 0.6 is 0 Å². The quantitative estimate of drug-likeness (QED) is 0.761. The van der Waals surface area contributed by atoms with Gasteiger partial charge in [-0.25, -0.2) is 0 Å². The Morgan fingerprint density at radius 3 is 2.68 bits per heavy atom. The van der Waals surface area contributed by atoms with Gasteiger partial charge in [0.2, 0.25) is 0 Å². The van der Waals surface area contributed by atoms with Gasteiger partial charge < -0.3 is 14.4 Å². The predicted molar refractivity (Wildman–Crippen MR) is 80.9 cm³/mol. The molecule has 2 rings (SSSR count). The first-order valence-electron chi connectivity index (χ1n) is 7.19. The van der Waals surface area contributed by atoms with Gasteiger partial charge in [-0.3, -0.25) is 0 Å². The van der Waals surface area contributed by atoms with Crippen LogP contribution in [0.4, 0.5) is 0 Å². The number of aryl methyl sites for hydroxylation is 1. The zero-order valence-electron chi connectivity index (χ0n) is 12.3. The third-order valence-corrected chi connectivity index (χ3v) is 3.93. The highest BCUT2D eigenvalue weighted by atomic mass is 16.5. The maximum absolute atomic E-state index is 5.81. The smallest absolute Gasteiger partial charge is 0.139 e. The van der Waals surface area contributed by atoms with Crippen LogP contribution < -0.4 is 9.47 Å². The van der Waals surface area contributed by atoms with E-state index in [1.807, 2.05) is 25.1 Å². The summed E-state index contributed by atoms with van der Waals surface area (Å²) in [6, 6.07) is 6.01. The molecule has 4 heteroatoms. The number of hydrogen-bond acceptors (Lipinski definition) is 3. The molecule has 1 saturated heterocycles. The lowest BCUT2D eigenvalue weighted by molar-refractivity contribution is 0.217. The van der Waals surface area contributed by atoms with Crippen molar-refractivity contribution in [3.05, 3.63) is 23.8 Å². The number of nitrogens with zero attached hydrogens (tertiary/aromatic N) is 1. The minimum atomic E-state index is 0.751. The summed E-state index contributed by atoms with van der Waals surface area (Å²) in [7, 11) is 1.70. The first kappa shape index (κ1) is 14.3. The van der Waals surface area contributed by atoms with E-state index in [-0.39, 0.29) is 0 Å². The average molecular weight is 261 g/mol. The molecule has 1 aliphatic rings. The third kappa shape index (κ3) is 4.17. The fraction of sp³-hybridized carbons (Fsp3) is 0.600. The Labute approximate surface area is 117 Å². The molecule has 0 spiro atoms. The summed E-state index contributed by atoms with van der Waals surface area (Å²) < 4.78 is 11.1. The summed E-state index contributed by atoms with van der Waals surface area (Å²) in [5.41, 5.74) is 1.14. The number of hydrogen-bond donors (Lipinski definition) is 0. The summed E-state index contributed by atoms with van der Waals surface area (Å²) in [5, 5.41) is 0. The molecule has 0 radical (unpaired) electrons. The third-order valence-electron chi connectivity index (χ3n) is 3.93. The second-order valence-electron chi connectivity index (χ2n) is 5.50. The highest BCUT2D eigenvalue weighted by Crippen LogP contribution is 2.23. The molecule has 0 atom stereocenters. The molecule has 1 aromatic rings. The van der Waals surface area contributed by atoms with Gasteiger partial charge in [-0.1, -0.05) is 25.5 Å². The lowest BCUT2D eigenvalue weighted by atomic mass is 9.46. The molecule has 0 aliphatic carbocycles. The van der Waals surface area contributed by atoms with Gasteiger partial charge in [-0.15, -0.1) is 0 Å². The molecule has 1 aliphatic heterocycles. The molecule has 0 amide bonds. The number of benzene rings is 1. The van der Waals surface area contributed by atoms with Gasteiger partial charge in [0, 0.05) is 12.6 Å². The molecule has 3 nitrogen and oxygen atoms in total. The largest absolute Gasteiger partial charge is 0.496 e. The van der Waals surface area contributed by atoms with Gasteiger partial charge in [-0.2, -0.15) is 0 Å². The van der Waals surface area contributed by atoms with Gasteiger partial charge in [0.15, 0.2) is 0 Å². The van der Waals surface area contributed by atoms with E-state index in [1.165, 1.54) is 25.7 Å². The van der Waals surface area contributed by atoms with Crippen molar-refractivity contribution in [1.82, 2.24) is 4.90 Å². The van der Waals surface area contributed by atoms with Crippen LogP contribution in [0.5, 0.6) is 11.5 Å². The predicted octanol–water partition coefficient (Wildman–Crippen LogP) is 2.82. The number of methoxy groups -OCH3 is 1. The second kappa shape index (κ2) is 6.85. The highest BCUT2D eigenvalue weighted by Gasteiger charge is 2.17. The fourth-order valence-electron chi connectivity index (χ4n) is 2.47. The Balaban J connectivity index is 1.76. The molecule has 0 aromatic heterocycles. The van der Waals surface area contributed by atoms with Crippen LogP contribution in [0, 0.1) is 6.92 Å². The maximum atomic E-state index is 5.81. The summed E-state index contributed by atoms with van der Waals surface area (Å²) in [5.74, 6) is 1.79. The fourth-order valence-corrected chi connectivity index (χ4v) is 2.47. The van der Waals surface area contributed by atoms with Gasteiger partial charge >= 0.3 is 0 Å². The Hall–Kier alpha value is -1.16. The van der Waals surface area contributed by atoms with Crippen LogP contribution in [-0.2, 0) is 0 Å². The van der Waals surface area contributed by atoms with Crippen LogP contribution in [0.15, 0.2) is 18.2 Å². The molecule has 104 valence electrons. The van der Waals surface area contributed by atoms with Crippen LogP contribution in [0.1, 0.15) is 5.56 Å². The molecular formula is C15H24BNO2. The summed E-state index contributed by atoms with van der Waals surface area (Å²) in [6.45, 7) is 9.45. The van der Waals surface area contributed by atoms with Crippen molar-refractivity contribution in [1.29, 1.82) is 0 Å². The molecule has 1 fully saturated rings. The molecule has 0 N–H and O–H groups in total. The van der Waals surface area contributed by atoms with Crippen molar-refractivity contribution in [3.8, 4) is 11.5 Å². The molecule has 1 heterocycles. The first-order chi connectivity index (χ1) is 9.19. The summed E-state index contributed by atoms with van der Waals surface area (Å²) in [4.78, 5) is 2.49. The van der Waals surface area contributed by atoms with E-state index in [0.29, 0.717) is 0 Å². The van der Waals surface area contributed by atoms with Crippen molar-refractivity contribution < 1.29 is 9.47 Å². The van der Waals surface area contributed by atoms with Crippen LogP contribution in [-0.4, -0.2) is 45.0 Å². The Morgan fingerprint density at radius 2 is 2.00 bits per heavy atom. The Kier molecular flexibility index (Phi) is 5.14. The van der Waals surface area contributed by atoms with E-state index in [4.69, 9.17) is 9.47 Å². The molecule has 19 heavy (non-hydrogen) atoms. The molecule has 0 bridgehead atoms. The summed E-state index contributed by atoms with van der Waals surface area (Å²) in [6.07, 6.45) is 2.64. The number of ether oxygens (including phenoxy) is 2. The molecule has 0 saturated carbocycles. The van der Waals surface area contributed by atoms with E-state index in [2.05, 4.69) is 11.7 Å². The first-order valence-corrected chi connectivity index (χ1v) is 7.19. The van der Waals surface area contributed by atoms with Gasteiger partial charge in [-0.05, 0) is 31.6 Å². The SMILES string of the molecule is COc1cc(OCCN2CCB(C)CC2)ccc1C. The van der Waals surface area contributed by atoms with Crippen molar-refractivity contribution in [2.24, 2.45) is 0 Å². The Bertz CT molecular complexity index is 403. The van der Waals surface area contributed by atoms with E-state index in [1.54, 1.807) is 7.11 Å². The van der Waals surface area contributed by atoms with E-state index < -0.39 is 0 Å². The topological polar surface area (TPSA) is 21.7 Å². The van der Waals surface area contributed by atoms with Crippen molar-refractivity contribution in [2.45, 2.75) is 26.4 Å². The summed E-state index contributed by atoms with van der Waals surface area (Å²) >= 11 is 0. The molecule has 0 unspecified atom stereocenters. The highest BCUT2D eigenvalue weighted by molar-refractivity contribution is 6.57. The normalized spacial score (nSPS) is 16.5. The van der Waals surface area contributed by atoms with Gasteiger partial charge in [0.05, 0.1) is 7.11 Å². The lowest BCUT2D eigenvalue weighted by Crippen LogP contribution is -2.38. The second-order valence-corrected chi connectivity index (χ2v) is 5.50. The van der Waals surface area contributed by atoms with Crippen molar-refractivity contribution in [2.75, 3.05) is 33.4 Å². The van der Waals surface area contributed by atoms with E-state index >= 15 is 0 Å². The monoisotopic (exact) mass is 261 g/mol. The lowest BCUT2D eigenvalue weighted by Gasteiger charge is -2.28. The maximum Gasteiger partial charge on any atom is 0.139 e. The van der Waals surface area contributed by atoms with Crippen LogP contribution in [0.25, 0.3) is 0 Å². The van der Waals surface area contributed by atoms with E-state index in [9.17, 15) is 0 Å².